The van der Waals surface area contributed by atoms with Crippen LogP contribution in [0.25, 0.3) is 0 Å². The zero-order valence-electron chi connectivity index (χ0n) is 10.9. The van der Waals surface area contributed by atoms with Crippen LogP contribution in [-0.2, 0) is 13.2 Å². The summed E-state index contributed by atoms with van der Waals surface area (Å²) in [7, 11) is 0. The van der Waals surface area contributed by atoms with Crippen molar-refractivity contribution < 1.29 is 9.15 Å². The molecule has 106 valence electrons. The third-order valence-corrected chi connectivity index (χ3v) is 3.87. The van der Waals surface area contributed by atoms with Crippen LogP contribution in [0.4, 0.5) is 0 Å². The van der Waals surface area contributed by atoms with Gasteiger partial charge in [-0.2, -0.15) is 0 Å². The first kappa shape index (κ1) is 13.8. The van der Waals surface area contributed by atoms with Gasteiger partial charge in [0.2, 0.25) is 0 Å². The van der Waals surface area contributed by atoms with Crippen molar-refractivity contribution in [3.63, 3.8) is 0 Å². The maximum Gasteiger partial charge on any atom is 0.146 e. The van der Waals surface area contributed by atoms with Crippen LogP contribution in [0.3, 0.4) is 0 Å². The number of hydrogen-bond donors (Lipinski definition) is 1. The van der Waals surface area contributed by atoms with E-state index in [1.165, 1.54) is 12.8 Å². The molecule has 1 saturated carbocycles. The highest BCUT2D eigenvalue weighted by Crippen LogP contribution is 2.27. The highest BCUT2D eigenvalue weighted by molar-refractivity contribution is 6.42. The van der Waals surface area contributed by atoms with Gasteiger partial charge >= 0.3 is 0 Å². The second-order valence-electron chi connectivity index (χ2n) is 4.89. The molecule has 0 atom stereocenters. The molecule has 1 aromatic carbocycles. The molecule has 1 aliphatic rings. The molecule has 1 heterocycles. The second kappa shape index (κ2) is 6.08. The van der Waals surface area contributed by atoms with Crippen molar-refractivity contribution in [2.45, 2.75) is 32.0 Å². The van der Waals surface area contributed by atoms with Crippen molar-refractivity contribution in [2.75, 3.05) is 0 Å². The summed E-state index contributed by atoms with van der Waals surface area (Å²) in [5, 5.41) is 4.41. The topological polar surface area (TPSA) is 34.4 Å². The van der Waals surface area contributed by atoms with Gasteiger partial charge in [0.05, 0.1) is 16.6 Å². The van der Waals surface area contributed by atoms with Crippen LogP contribution in [0.15, 0.2) is 34.7 Å². The molecule has 0 bridgehead atoms. The van der Waals surface area contributed by atoms with Crippen molar-refractivity contribution in [3.8, 4) is 5.75 Å². The standard InChI is InChI=1S/C15H15Cl2NO2/c16-14-6-5-11(7-15(14)17)19-9-13-4-3-12(20-13)8-18-10-1-2-10/h3-7,10,18H,1-2,8-9H2. The first-order chi connectivity index (χ1) is 9.70. The minimum Gasteiger partial charge on any atom is -0.486 e. The molecule has 2 aromatic rings. The van der Waals surface area contributed by atoms with Crippen LogP contribution in [0.5, 0.6) is 5.75 Å². The monoisotopic (exact) mass is 311 g/mol. The lowest BCUT2D eigenvalue weighted by Gasteiger charge is -2.05. The van der Waals surface area contributed by atoms with Crippen LogP contribution in [0.1, 0.15) is 24.4 Å². The fraction of sp³-hybridized carbons (Fsp3) is 0.333. The van der Waals surface area contributed by atoms with Gasteiger partial charge in [-0.05, 0) is 37.1 Å². The predicted octanol–water partition coefficient (Wildman–Crippen LogP) is 4.42. The number of hydrogen-bond acceptors (Lipinski definition) is 3. The van der Waals surface area contributed by atoms with E-state index in [0.29, 0.717) is 28.4 Å². The molecule has 1 aromatic heterocycles. The molecule has 3 rings (SSSR count). The number of nitrogens with one attached hydrogen (secondary N) is 1. The van der Waals surface area contributed by atoms with Crippen LogP contribution < -0.4 is 10.1 Å². The van der Waals surface area contributed by atoms with Crippen molar-refractivity contribution in [3.05, 3.63) is 51.9 Å². The maximum absolute atomic E-state index is 5.93. The summed E-state index contributed by atoms with van der Waals surface area (Å²) in [4.78, 5) is 0. The van der Waals surface area contributed by atoms with E-state index in [4.69, 9.17) is 32.4 Å². The van der Waals surface area contributed by atoms with Crippen LogP contribution in [0, 0.1) is 0 Å². The fourth-order valence-electron chi connectivity index (χ4n) is 1.85. The van der Waals surface area contributed by atoms with Gasteiger partial charge in [-0.1, -0.05) is 23.2 Å². The largest absolute Gasteiger partial charge is 0.486 e. The SMILES string of the molecule is Clc1ccc(OCc2ccc(CNC3CC3)o2)cc1Cl. The van der Waals surface area contributed by atoms with E-state index < -0.39 is 0 Å². The molecule has 1 aliphatic carbocycles. The minimum atomic E-state index is 0.376. The van der Waals surface area contributed by atoms with Crippen LogP contribution >= 0.6 is 23.2 Å². The summed E-state index contributed by atoms with van der Waals surface area (Å²) in [6.07, 6.45) is 2.54. The van der Waals surface area contributed by atoms with Gasteiger partial charge in [0.15, 0.2) is 0 Å². The maximum atomic E-state index is 5.93. The fourth-order valence-corrected chi connectivity index (χ4v) is 2.14. The molecule has 3 nitrogen and oxygen atoms in total. The Labute approximate surface area is 127 Å². The van der Waals surface area contributed by atoms with Crippen molar-refractivity contribution in [1.82, 2.24) is 5.32 Å². The first-order valence-corrected chi connectivity index (χ1v) is 7.35. The summed E-state index contributed by atoms with van der Waals surface area (Å²) in [5.41, 5.74) is 0. The van der Waals surface area contributed by atoms with E-state index in [0.717, 1.165) is 18.1 Å². The average Bonchev–Trinajstić information content (AvgIpc) is 3.16. The Morgan fingerprint density at radius 2 is 1.90 bits per heavy atom. The van der Waals surface area contributed by atoms with Crippen LogP contribution in [0.2, 0.25) is 10.0 Å². The van der Waals surface area contributed by atoms with E-state index in [1.54, 1.807) is 18.2 Å². The van der Waals surface area contributed by atoms with E-state index in [2.05, 4.69) is 5.32 Å². The third-order valence-electron chi connectivity index (χ3n) is 3.13. The third kappa shape index (κ3) is 3.69. The Morgan fingerprint density at radius 3 is 2.65 bits per heavy atom. The van der Waals surface area contributed by atoms with Gasteiger partial charge in [-0.3, -0.25) is 0 Å². The van der Waals surface area contributed by atoms with Gasteiger partial charge in [-0.15, -0.1) is 0 Å². The summed E-state index contributed by atoms with van der Waals surface area (Å²) < 4.78 is 11.3. The summed E-state index contributed by atoms with van der Waals surface area (Å²) in [6, 6.07) is 9.78. The first-order valence-electron chi connectivity index (χ1n) is 6.59. The van der Waals surface area contributed by atoms with E-state index in [9.17, 15) is 0 Å². The summed E-state index contributed by atoms with van der Waals surface area (Å²) in [6.45, 7) is 1.15. The zero-order chi connectivity index (χ0) is 13.9. The molecule has 5 heteroatoms. The summed E-state index contributed by atoms with van der Waals surface area (Å²) >= 11 is 11.8. The molecule has 1 N–H and O–H groups in total. The van der Waals surface area contributed by atoms with Gasteiger partial charge in [0.25, 0.3) is 0 Å². The normalized spacial score (nSPS) is 14.5. The molecule has 0 spiro atoms. The molecule has 0 unspecified atom stereocenters. The molecular weight excluding hydrogens is 297 g/mol. The molecular formula is C15H15Cl2NO2. The minimum absolute atomic E-state index is 0.376. The van der Waals surface area contributed by atoms with Gasteiger partial charge in [-0.25, -0.2) is 0 Å². The van der Waals surface area contributed by atoms with Gasteiger partial charge in [0.1, 0.15) is 23.9 Å². The number of ether oxygens (including phenoxy) is 1. The van der Waals surface area contributed by atoms with Crippen molar-refractivity contribution in [1.29, 1.82) is 0 Å². The average molecular weight is 312 g/mol. The van der Waals surface area contributed by atoms with Crippen molar-refractivity contribution in [2.24, 2.45) is 0 Å². The molecule has 0 radical (unpaired) electrons. The Kier molecular flexibility index (Phi) is 4.20. The summed E-state index contributed by atoms with van der Waals surface area (Å²) in [5.74, 6) is 2.40. The number of benzene rings is 1. The van der Waals surface area contributed by atoms with Gasteiger partial charge in [0, 0.05) is 12.1 Å². The van der Waals surface area contributed by atoms with Crippen LogP contribution in [-0.4, -0.2) is 6.04 Å². The number of rotatable bonds is 6. The second-order valence-corrected chi connectivity index (χ2v) is 5.70. The van der Waals surface area contributed by atoms with Gasteiger partial charge < -0.3 is 14.5 Å². The zero-order valence-corrected chi connectivity index (χ0v) is 12.4. The Bertz CT molecular complexity index is 593. The number of halogens is 2. The molecule has 0 saturated heterocycles. The van der Waals surface area contributed by atoms with E-state index in [1.807, 2.05) is 12.1 Å². The van der Waals surface area contributed by atoms with E-state index >= 15 is 0 Å². The Morgan fingerprint density at radius 1 is 1.10 bits per heavy atom. The highest BCUT2D eigenvalue weighted by Gasteiger charge is 2.20. The van der Waals surface area contributed by atoms with E-state index in [-0.39, 0.29) is 0 Å². The lowest BCUT2D eigenvalue weighted by molar-refractivity contribution is 0.265. The quantitative estimate of drug-likeness (QED) is 0.857. The predicted molar refractivity (Wildman–Crippen MR) is 79.4 cm³/mol. The number of furan rings is 1. The van der Waals surface area contributed by atoms with Crippen molar-refractivity contribution >= 4 is 23.2 Å². The highest BCUT2D eigenvalue weighted by atomic mass is 35.5. The molecule has 1 fully saturated rings. The lowest BCUT2D eigenvalue weighted by Crippen LogP contribution is -2.14. The molecule has 20 heavy (non-hydrogen) atoms. The smallest absolute Gasteiger partial charge is 0.146 e. The Hall–Kier alpha value is -1.16. The molecule has 0 aliphatic heterocycles. The lowest BCUT2D eigenvalue weighted by atomic mass is 10.3. The Balaban J connectivity index is 1.53. The molecule has 0 amide bonds.